The molecule has 1 saturated heterocycles. The average Bonchev–Trinajstić information content (AvgIpc) is 2.99. The number of piperidine rings is 1. The van der Waals surface area contributed by atoms with Crippen molar-refractivity contribution in [3.8, 4) is 0 Å². The Kier molecular flexibility index (Phi) is 4.04. The van der Waals surface area contributed by atoms with Crippen molar-refractivity contribution in [2.45, 2.75) is 50.4 Å². The molecule has 0 bridgehead atoms. The first kappa shape index (κ1) is 17.5. The number of amides is 1. The summed E-state index contributed by atoms with van der Waals surface area (Å²) in [5, 5.41) is 0. The van der Waals surface area contributed by atoms with Crippen molar-refractivity contribution in [1.82, 2.24) is 4.90 Å². The van der Waals surface area contributed by atoms with Gasteiger partial charge in [0, 0.05) is 24.4 Å². The first-order chi connectivity index (χ1) is 13.6. The van der Waals surface area contributed by atoms with Gasteiger partial charge in [-0.05, 0) is 55.4 Å². The zero-order valence-corrected chi connectivity index (χ0v) is 16.2. The highest BCUT2D eigenvalue weighted by atomic mass is 16.4. The van der Waals surface area contributed by atoms with E-state index >= 15 is 0 Å². The lowest BCUT2D eigenvalue weighted by Gasteiger charge is -2.39. The maximum Gasteiger partial charge on any atom is 0.349 e. The van der Waals surface area contributed by atoms with Crippen LogP contribution >= 0.6 is 0 Å². The van der Waals surface area contributed by atoms with Gasteiger partial charge in [-0.3, -0.25) is 4.79 Å². The summed E-state index contributed by atoms with van der Waals surface area (Å²) >= 11 is 0. The van der Waals surface area contributed by atoms with Crippen molar-refractivity contribution < 1.29 is 9.21 Å². The minimum Gasteiger partial charge on any atom is -0.427 e. The molecule has 5 rings (SSSR count). The molecule has 1 aliphatic heterocycles. The Morgan fingerprint density at radius 1 is 1.18 bits per heavy atom. The molecule has 144 valence electrons. The minimum absolute atomic E-state index is 0.0289. The summed E-state index contributed by atoms with van der Waals surface area (Å²) in [5.41, 5.74) is 3.16. The minimum atomic E-state index is -0.474. The van der Waals surface area contributed by atoms with Crippen molar-refractivity contribution >= 4 is 12.0 Å². The molecule has 1 saturated carbocycles. The molecule has 2 aliphatic carbocycles. The van der Waals surface area contributed by atoms with Gasteiger partial charge in [-0.1, -0.05) is 42.8 Å². The van der Waals surface area contributed by atoms with Crippen LogP contribution in [0.15, 0.2) is 45.6 Å². The fourth-order valence-corrected chi connectivity index (χ4v) is 4.92. The lowest BCUT2D eigenvalue weighted by Crippen LogP contribution is -2.45. The third-order valence-electron chi connectivity index (χ3n) is 6.91. The Morgan fingerprint density at radius 3 is 2.61 bits per heavy atom. The van der Waals surface area contributed by atoms with Gasteiger partial charge in [0.05, 0.1) is 0 Å². The van der Waals surface area contributed by atoms with E-state index in [-0.39, 0.29) is 16.9 Å². The van der Waals surface area contributed by atoms with Gasteiger partial charge in [0.25, 0.3) is 5.91 Å². The number of likely N-dealkylation sites (tertiary alicyclic amines) is 1. The van der Waals surface area contributed by atoms with Crippen LogP contribution in [0.3, 0.4) is 0 Å². The number of hydrogen-bond acceptors (Lipinski definition) is 3. The quantitative estimate of drug-likeness (QED) is 0.781. The number of hydrogen-bond donors (Lipinski definition) is 0. The molecular weight excluding hydrogens is 350 g/mol. The van der Waals surface area contributed by atoms with Gasteiger partial charge in [-0.2, -0.15) is 0 Å². The van der Waals surface area contributed by atoms with Crippen LogP contribution in [0.1, 0.15) is 70.8 Å². The highest BCUT2D eigenvalue weighted by Gasteiger charge is 2.39. The number of carbonyl (C=O) groups is 1. The third kappa shape index (κ3) is 2.66. The molecule has 2 heterocycles. The van der Waals surface area contributed by atoms with Crippen LogP contribution < -0.4 is 5.63 Å². The van der Waals surface area contributed by atoms with Gasteiger partial charge in [0.1, 0.15) is 11.3 Å². The number of allylic oxidation sites excluding steroid dienone is 1. The van der Waals surface area contributed by atoms with Gasteiger partial charge < -0.3 is 9.32 Å². The SMILES string of the molecule is Cc1cc(C2CCC2)oc(=O)c1C(=O)N1CCC2(C=Cc3ccccc32)CC1. The van der Waals surface area contributed by atoms with Crippen LogP contribution in [0, 0.1) is 6.92 Å². The van der Waals surface area contributed by atoms with E-state index in [4.69, 9.17) is 4.42 Å². The molecule has 1 amide bonds. The molecule has 3 aliphatic rings. The molecule has 4 nitrogen and oxygen atoms in total. The zero-order valence-electron chi connectivity index (χ0n) is 16.2. The van der Waals surface area contributed by atoms with E-state index in [9.17, 15) is 9.59 Å². The molecule has 1 aromatic carbocycles. The van der Waals surface area contributed by atoms with E-state index in [0.717, 1.165) is 37.0 Å². The van der Waals surface area contributed by atoms with Crippen molar-refractivity contribution in [3.63, 3.8) is 0 Å². The monoisotopic (exact) mass is 375 g/mol. The van der Waals surface area contributed by atoms with Crippen LogP contribution in [0.4, 0.5) is 0 Å². The number of rotatable bonds is 2. The van der Waals surface area contributed by atoms with E-state index in [1.165, 1.54) is 17.5 Å². The molecule has 1 aromatic heterocycles. The topological polar surface area (TPSA) is 50.5 Å². The number of nitrogens with zero attached hydrogens (tertiary/aromatic N) is 1. The summed E-state index contributed by atoms with van der Waals surface area (Å²) in [5.74, 6) is 0.909. The van der Waals surface area contributed by atoms with E-state index in [0.29, 0.717) is 19.0 Å². The van der Waals surface area contributed by atoms with Crippen LogP contribution in [0.5, 0.6) is 0 Å². The highest BCUT2D eigenvalue weighted by molar-refractivity contribution is 5.95. The molecule has 28 heavy (non-hydrogen) atoms. The van der Waals surface area contributed by atoms with Crippen molar-refractivity contribution in [3.05, 3.63) is 74.8 Å². The van der Waals surface area contributed by atoms with Crippen LogP contribution in [-0.4, -0.2) is 23.9 Å². The Bertz CT molecular complexity index is 1020. The Balaban J connectivity index is 1.36. The smallest absolute Gasteiger partial charge is 0.349 e. The van der Waals surface area contributed by atoms with Gasteiger partial charge in [-0.15, -0.1) is 0 Å². The summed E-state index contributed by atoms with van der Waals surface area (Å²) in [4.78, 5) is 27.5. The number of benzene rings is 1. The van der Waals surface area contributed by atoms with Gasteiger partial charge in [0.2, 0.25) is 0 Å². The average molecular weight is 375 g/mol. The maximum absolute atomic E-state index is 13.1. The predicted molar refractivity (Wildman–Crippen MR) is 109 cm³/mol. The van der Waals surface area contributed by atoms with Crippen molar-refractivity contribution in [2.75, 3.05) is 13.1 Å². The van der Waals surface area contributed by atoms with Gasteiger partial charge in [0.15, 0.2) is 0 Å². The number of carbonyl (C=O) groups excluding carboxylic acids is 1. The standard InChI is InChI=1S/C24H25NO3/c1-16-15-20(18-6-4-7-18)28-23(27)21(16)22(26)25-13-11-24(12-14-25)10-9-17-5-2-3-8-19(17)24/h2-3,5,8-10,15,18H,4,6-7,11-14H2,1H3. The van der Waals surface area contributed by atoms with Crippen molar-refractivity contribution in [2.24, 2.45) is 0 Å². The van der Waals surface area contributed by atoms with Crippen LogP contribution in [0.25, 0.3) is 6.08 Å². The zero-order chi connectivity index (χ0) is 19.3. The van der Waals surface area contributed by atoms with E-state index < -0.39 is 5.63 Å². The molecule has 0 radical (unpaired) electrons. The summed E-state index contributed by atoms with van der Waals surface area (Å²) in [7, 11) is 0. The molecule has 0 N–H and O–H groups in total. The second-order valence-corrected chi connectivity index (χ2v) is 8.49. The highest BCUT2D eigenvalue weighted by Crippen LogP contribution is 2.43. The fraction of sp³-hybridized carbons (Fsp3) is 0.417. The van der Waals surface area contributed by atoms with Crippen molar-refractivity contribution in [1.29, 1.82) is 0 Å². The number of fused-ring (bicyclic) bond motifs is 2. The summed E-state index contributed by atoms with van der Waals surface area (Å²) in [6.07, 6.45) is 9.59. The molecule has 0 unspecified atom stereocenters. The third-order valence-corrected chi connectivity index (χ3v) is 6.91. The fourth-order valence-electron chi connectivity index (χ4n) is 4.92. The largest absolute Gasteiger partial charge is 0.427 e. The van der Waals surface area contributed by atoms with Crippen LogP contribution in [0.2, 0.25) is 0 Å². The maximum atomic E-state index is 13.1. The summed E-state index contributed by atoms with van der Waals surface area (Å²) in [6.45, 7) is 3.16. The van der Waals surface area contributed by atoms with E-state index in [2.05, 4.69) is 36.4 Å². The molecule has 2 aromatic rings. The Morgan fingerprint density at radius 2 is 1.93 bits per heavy atom. The van der Waals surface area contributed by atoms with Gasteiger partial charge >= 0.3 is 5.63 Å². The first-order valence-electron chi connectivity index (χ1n) is 10.3. The molecule has 0 atom stereocenters. The number of aryl methyl sites for hydroxylation is 1. The molecule has 4 heteroatoms. The second-order valence-electron chi connectivity index (χ2n) is 8.49. The molecule has 2 fully saturated rings. The normalized spacial score (nSPS) is 20.2. The Hall–Kier alpha value is -2.62. The lowest BCUT2D eigenvalue weighted by atomic mass is 9.74. The second kappa shape index (κ2) is 6.47. The van der Waals surface area contributed by atoms with Crippen LogP contribution in [-0.2, 0) is 5.41 Å². The Labute approximate surface area is 164 Å². The first-order valence-corrected chi connectivity index (χ1v) is 10.3. The summed E-state index contributed by atoms with van der Waals surface area (Å²) in [6, 6.07) is 10.4. The summed E-state index contributed by atoms with van der Waals surface area (Å²) < 4.78 is 5.53. The van der Waals surface area contributed by atoms with Gasteiger partial charge in [-0.25, -0.2) is 4.79 Å². The van der Waals surface area contributed by atoms with E-state index in [1.807, 2.05) is 17.9 Å². The molecule has 1 spiro atoms. The lowest BCUT2D eigenvalue weighted by molar-refractivity contribution is 0.0684. The molecular formula is C24H25NO3. The predicted octanol–water partition coefficient (Wildman–Crippen LogP) is 4.42. The van der Waals surface area contributed by atoms with E-state index in [1.54, 1.807) is 0 Å².